The van der Waals surface area contributed by atoms with Gasteiger partial charge >= 0.3 is 0 Å². The number of benzene rings is 2. The van der Waals surface area contributed by atoms with Crippen LogP contribution >= 0.6 is 0 Å². The Bertz CT molecular complexity index is 1890. The minimum atomic E-state index is -0.291. The SMILES string of the molecule is O=C(CC1CCNCC1)Nc1cncc(-c2ccc3[nH]nc(-c4cc5c(-c6cccc(F)c6)cncc5[nH]4)c3c2)c1. The third-order valence-corrected chi connectivity index (χ3v) is 7.79. The highest BCUT2D eigenvalue weighted by Gasteiger charge is 2.18. The minimum Gasteiger partial charge on any atom is -0.352 e. The summed E-state index contributed by atoms with van der Waals surface area (Å²) >= 11 is 0. The Morgan fingerprint density at radius 3 is 2.63 bits per heavy atom. The van der Waals surface area contributed by atoms with Crippen molar-refractivity contribution in [3.05, 3.63) is 85.2 Å². The number of nitrogens with one attached hydrogen (secondary N) is 4. The van der Waals surface area contributed by atoms with E-state index in [1.807, 2.05) is 30.3 Å². The molecule has 0 unspecified atom stereocenters. The molecule has 6 aromatic rings. The summed E-state index contributed by atoms with van der Waals surface area (Å²) in [6.07, 6.45) is 9.56. The lowest BCUT2D eigenvalue weighted by Gasteiger charge is -2.21. The standard InChI is InChI=1S/C32H28FN7O/c33-23-3-1-2-21(11-23)27-17-36-18-30-25(27)14-29(38-30)32-26-13-20(4-5-28(26)39-40-32)22-12-24(16-35-15-22)37-31(41)10-19-6-8-34-9-7-19/h1-5,11-19,34,38H,6-10H2,(H,37,41)(H,39,40). The van der Waals surface area contributed by atoms with Crippen molar-refractivity contribution in [1.29, 1.82) is 0 Å². The van der Waals surface area contributed by atoms with Crippen molar-refractivity contribution in [2.45, 2.75) is 19.3 Å². The number of piperidine rings is 1. The zero-order valence-corrected chi connectivity index (χ0v) is 22.2. The second-order valence-electron chi connectivity index (χ2n) is 10.6. The van der Waals surface area contributed by atoms with Crippen molar-refractivity contribution in [3.63, 3.8) is 0 Å². The first-order valence-electron chi connectivity index (χ1n) is 13.8. The molecule has 0 saturated carbocycles. The van der Waals surface area contributed by atoms with Gasteiger partial charge in [0.25, 0.3) is 0 Å². The highest BCUT2D eigenvalue weighted by molar-refractivity contribution is 6.01. The van der Waals surface area contributed by atoms with Crippen LogP contribution in [0.25, 0.3) is 55.4 Å². The van der Waals surface area contributed by atoms with Gasteiger partial charge in [-0.05, 0) is 79.4 Å². The van der Waals surface area contributed by atoms with Gasteiger partial charge in [-0.15, -0.1) is 0 Å². The van der Waals surface area contributed by atoms with E-state index in [-0.39, 0.29) is 11.7 Å². The molecule has 7 rings (SSSR count). The molecule has 5 heterocycles. The molecule has 0 aliphatic carbocycles. The molecule has 8 nitrogen and oxygen atoms in total. The lowest BCUT2D eigenvalue weighted by atomic mass is 9.94. The largest absolute Gasteiger partial charge is 0.352 e. The molecular formula is C32H28FN7O. The van der Waals surface area contributed by atoms with Gasteiger partial charge in [-0.1, -0.05) is 18.2 Å². The van der Waals surface area contributed by atoms with Crippen molar-refractivity contribution in [3.8, 4) is 33.6 Å². The van der Waals surface area contributed by atoms with Crippen LogP contribution < -0.4 is 10.6 Å². The van der Waals surface area contributed by atoms with E-state index in [2.05, 4.69) is 41.8 Å². The molecule has 2 aromatic carbocycles. The maximum atomic E-state index is 13.9. The summed E-state index contributed by atoms with van der Waals surface area (Å²) in [7, 11) is 0. The molecule has 1 aliphatic rings. The second kappa shape index (κ2) is 10.6. The molecule has 1 saturated heterocycles. The molecule has 0 radical (unpaired) electrons. The number of carbonyl (C=O) groups excluding carboxylic acids is 1. The average molecular weight is 546 g/mol. The molecule has 9 heteroatoms. The molecule has 0 bridgehead atoms. The third-order valence-electron chi connectivity index (χ3n) is 7.79. The first kappa shape index (κ1) is 25.1. The normalized spacial score (nSPS) is 14.1. The number of aromatic amines is 2. The maximum Gasteiger partial charge on any atom is 0.224 e. The number of anilines is 1. The zero-order valence-electron chi connectivity index (χ0n) is 22.2. The van der Waals surface area contributed by atoms with Gasteiger partial charge in [0.1, 0.15) is 11.5 Å². The van der Waals surface area contributed by atoms with Crippen molar-refractivity contribution in [2.24, 2.45) is 5.92 Å². The average Bonchev–Trinajstić information content (AvgIpc) is 3.61. The Labute approximate surface area is 235 Å². The molecule has 1 aliphatic heterocycles. The predicted octanol–water partition coefficient (Wildman–Crippen LogP) is 6.30. The monoisotopic (exact) mass is 545 g/mol. The van der Waals surface area contributed by atoms with E-state index in [1.165, 1.54) is 12.1 Å². The number of aromatic nitrogens is 5. The van der Waals surface area contributed by atoms with Crippen molar-refractivity contribution >= 4 is 33.4 Å². The van der Waals surface area contributed by atoms with E-state index in [4.69, 9.17) is 0 Å². The van der Waals surface area contributed by atoms with Crippen molar-refractivity contribution in [1.82, 2.24) is 30.5 Å². The fraction of sp³-hybridized carbons (Fsp3) is 0.188. The van der Waals surface area contributed by atoms with Crippen LogP contribution in [0.2, 0.25) is 0 Å². The molecule has 4 aromatic heterocycles. The van der Waals surface area contributed by atoms with Crippen LogP contribution in [0.1, 0.15) is 19.3 Å². The highest BCUT2D eigenvalue weighted by atomic mass is 19.1. The summed E-state index contributed by atoms with van der Waals surface area (Å²) in [6, 6.07) is 16.6. The second-order valence-corrected chi connectivity index (χ2v) is 10.6. The number of H-pyrrole nitrogens is 2. The third kappa shape index (κ3) is 5.07. The van der Waals surface area contributed by atoms with Gasteiger partial charge in [0.15, 0.2) is 0 Å². The quantitative estimate of drug-likeness (QED) is 0.196. The Balaban J connectivity index is 1.19. The number of nitrogens with zero attached hydrogens (tertiary/aromatic N) is 3. The molecule has 1 amide bonds. The number of hydrogen-bond acceptors (Lipinski definition) is 5. The molecule has 41 heavy (non-hydrogen) atoms. The van der Waals surface area contributed by atoms with E-state index in [0.717, 1.165) is 81.4 Å². The number of hydrogen-bond donors (Lipinski definition) is 4. The summed E-state index contributed by atoms with van der Waals surface area (Å²) in [5.74, 6) is 0.148. The van der Waals surface area contributed by atoms with Crippen LogP contribution in [0.5, 0.6) is 0 Å². The topological polar surface area (TPSA) is 111 Å². The lowest BCUT2D eigenvalue weighted by Crippen LogP contribution is -2.30. The number of amides is 1. The van der Waals surface area contributed by atoms with Crippen molar-refractivity contribution in [2.75, 3.05) is 18.4 Å². The van der Waals surface area contributed by atoms with Gasteiger partial charge in [0.05, 0.1) is 34.8 Å². The molecular weight excluding hydrogens is 517 g/mol. The van der Waals surface area contributed by atoms with Crippen LogP contribution in [0, 0.1) is 11.7 Å². The van der Waals surface area contributed by atoms with E-state index in [1.54, 1.807) is 30.9 Å². The molecule has 1 fully saturated rings. The number of fused-ring (bicyclic) bond motifs is 2. The smallest absolute Gasteiger partial charge is 0.224 e. The summed E-state index contributed by atoms with van der Waals surface area (Å²) in [5, 5.41) is 16.0. The summed E-state index contributed by atoms with van der Waals surface area (Å²) in [6.45, 7) is 1.94. The highest BCUT2D eigenvalue weighted by Crippen LogP contribution is 2.35. The van der Waals surface area contributed by atoms with Gasteiger partial charge in [-0.3, -0.25) is 19.9 Å². The minimum absolute atomic E-state index is 0.0225. The predicted molar refractivity (Wildman–Crippen MR) is 159 cm³/mol. The molecule has 4 N–H and O–H groups in total. The van der Waals surface area contributed by atoms with Crippen LogP contribution in [0.3, 0.4) is 0 Å². The molecule has 0 spiro atoms. The van der Waals surface area contributed by atoms with Gasteiger partial charge in [0, 0.05) is 40.7 Å². The number of rotatable bonds is 6. The Morgan fingerprint density at radius 1 is 0.878 bits per heavy atom. The first-order valence-corrected chi connectivity index (χ1v) is 13.8. The van der Waals surface area contributed by atoms with E-state index < -0.39 is 0 Å². The number of pyridine rings is 2. The molecule has 204 valence electrons. The first-order chi connectivity index (χ1) is 20.1. The van der Waals surface area contributed by atoms with Crippen LogP contribution in [0.15, 0.2) is 79.4 Å². The summed E-state index contributed by atoms with van der Waals surface area (Å²) < 4.78 is 13.9. The molecule has 0 atom stereocenters. The zero-order chi connectivity index (χ0) is 27.8. The van der Waals surface area contributed by atoms with Crippen molar-refractivity contribution < 1.29 is 9.18 Å². The number of carbonyl (C=O) groups is 1. The fourth-order valence-electron chi connectivity index (χ4n) is 5.69. The fourth-order valence-corrected chi connectivity index (χ4v) is 5.69. The number of halogens is 1. The van der Waals surface area contributed by atoms with E-state index >= 15 is 0 Å². The Hall–Kier alpha value is -4.89. The maximum absolute atomic E-state index is 13.9. The van der Waals surface area contributed by atoms with Gasteiger partial charge in [-0.25, -0.2) is 4.39 Å². The Morgan fingerprint density at radius 2 is 1.76 bits per heavy atom. The van der Waals surface area contributed by atoms with Gasteiger partial charge in [-0.2, -0.15) is 5.10 Å². The summed E-state index contributed by atoms with van der Waals surface area (Å²) in [5.41, 5.74) is 7.47. The van der Waals surface area contributed by atoms with Gasteiger partial charge in [0.2, 0.25) is 5.91 Å². The van der Waals surface area contributed by atoms with E-state index in [0.29, 0.717) is 18.0 Å². The van der Waals surface area contributed by atoms with Crippen LogP contribution in [0.4, 0.5) is 10.1 Å². The van der Waals surface area contributed by atoms with Crippen LogP contribution in [-0.2, 0) is 4.79 Å². The Kier molecular flexibility index (Phi) is 6.48. The summed E-state index contributed by atoms with van der Waals surface area (Å²) in [4.78, 5) is 24.9. The van der Waals surface area contributed by atoms with E-state index in [9.17, 15) is 9.18 Å². The van der Waals surface area contributed by atoms with Gasteiger partial charge < -0.3 is 15.6 Å². The lowest BCUT2D eigenvalue weighted by molar-refractivity contribution is -0.117. The van der Waals surface area contributed by atoms with Crippen LogP contribution in [-0.4, -0.2) is 44.1 Å².